The first-order valence-corrected chi connectivity index (χ1v) is 11.0. The highest BCUT2D eigenvalue weighted by Gasteiger charge is 2.73. The van der Waals surface area contributed by atoms with Crippen LogP contribution in [0.1, 0.15) is 19.8 Å². The van der Waals surface area contributed by atoms with Gasteiger partial charge in [-0.15, -0.1) is 11.8 Å². The number of halogens is 1. The minimum absolute atomic E-state index is 0.0325. The first-order valence-electron chi connectivity index (χ1n) is 9.75. The summed E-state index contributed by atoms with van der Waals surface area (Å²) >= 11 is 7.74. The molecule has 156 valence electrons. The van der Waals surface area contributed by atoms with Crippen LogP contribution in [0.2, 0.25) is 5.02 Å². The number of aliphatic hydroxyl groups excluding tert-OH is 1. The molecule has 2 N–H and O–H groups in total. The Morgan fingerprint density at radius 1 is 1.41 bits per heavy atom. The lowest BCUT2D eigenvalue weighted by atomic mass is 9.71. The summed E-state index contributed by atoms with van der Waals surface area (Å²) in [6.07, 6.45) is 1.41. The predicted octanol–water partition coefficient (Wildman–Crippen LogP) is 1.93. The van der Waals surface area contributed by atoms with Crippen LogP contribution < -0.4 is 5.32 Å². The van der Waals surface area contributed by atoms with E-state index in [1.807, 2.05) is 0 Å². The van der Waals surface area contributed by atoms with Crippen molar-refractivity contribution in [3.05, 3.63) is 29.3 Å². The molecule has 5 atom stereocenters. The largest absolute Gasteiger partial charge is 0.466 e. The van der Waals surface area contributed by atoms with Gasteiger partial charge in [0.25, 0.3) is 0 Å². The first kappa shape index (κ1) is 20.5. The normalized spacial score (nSPS) is 32.4. The van der Waals surface area contributed by atoms with Gasteiger partial charge in [-0.05, 0) is 31.9 Å². The molecule has 2 bridgehead atoms. The standard InChI is InChI=1S/C20H23ClN2O5S/c1-2-28-19(27)14-13-7-8-20(29-13)15(14)18(26)23(9-10-24)16(20)17(25)22-12-6-4-3-5-11(12)21/h3-6,13-16,24H,2,7-10H2,1H3,(H,22,25)/t13-,14+,15-,16?,20?/m0/s1. The number of nitrogens with one attached hydrogen (secondary N) is 1. The number of likely N-dealkylation sites (tertiary alicyclic amines) is 1. The average Bonchev–Trinajstić information content (AvgIpc) is 3.32. The molecule has 9 heteroatoms. The predicted molar refractivity (Wildman–Crippen MR) is 110 cm³/mol. The molecule has 7 nitrogen and oxygen atoms in total. The summed E-state index contributed by atoms with van der Waals surface area (Å²) in [6.45, 7) is 1.76. The maximum absolute atomic E-state index is 13.4. The van der Waals surface area contributed by atoms with Crippen molar-refractivity contribution in [1.82, 2.24) is 4.90 Å². The van der Waals surface area contributed by atoms with Crippen molar-refractivity contribution in [1.29, 1.82) is 0 Å². The number of hydrogen-bond acceptors (Lipinski definition) is 6. The summed E-state index contributed by atoms with van der Waals surface area (Å²) in [6, 6.07) is 6.13. The highest BCUT2D eigenvalue weighted by Crippen LogP contribution is 2.66. The third-order valence-corrected chi connectivity index (χ3v) is 8.36. The van der Waals surface area contributed by atoms with E-state index in [2.05, 4.69) is 5.32 Å². The van der Waals surface area contributed by atoms with Gasteiger partial charge >= 0.3 is 5.97 Å². The Kier molecular flexibility index (Phi) is 5.52. The Hall–Kier alpha value is -1.77. The molecule has 1 aromatic rings. The Bertz CT molecular complexity index is 852. The van der Waals surface area contributed by atoms with Gasteiger partial charge in [-0.2, -0.15) is 0 Å². The Labute approximate surface area is 178 Å². The molecule has 3 saturated heterocycles. The molecule has 0 aromatic heterocycles. The topological polar surface area (TPSA) is 95.9 Å². The number of benzene rings is 1. The summed E-state index contributed by atoms with van der Waals surface area (Å²) in [7, 11) is 0. The number of amides is 2. The number of ether oxygens (including phenoxy) is 1. The third kappa shape index (κ3) is 3.12. The number of anilines is 1. The number of fused-ring (bicyclic) bond motifs is 1. The molecular weight excluding hydrogens is 416 g/mol. The van der Waals surface area contributed by atoms with Gasteiger partial charge in [0.05, 0.1) is 40.5 Å². The molecule has 0 saturated carbocycles. The third-order valence-electron chi connectivity index (χ3n) is 6.08. The number of para-hydroxylation sites is 1. The van der Waals surface area contributed by atoms with Gasteiger partial charge in [-0.1, -0.05) is 23.7 Å². The molecule has 2 amide bonds. The van der Waals surface area contributed by atoms with Crippen LogP contribution in [0.4, 0.5) is 5.69 Å². The number of carbonyl (C=O) groups excluding carboxylic acids is 3. The van der Waals surface area contributed by atoms with Crippen molar-refractivity contribution < 1.29 is 24.2 Å². The summed E-state index contributed by atoms with van der Waals surface area (Å²) < 4.78 is 4.55. The van der Waals surface area contributed by atoms with Crippen molar-refractivity contribution in [2.45, 2.75) is 35.8 Å². The van der Waals surface area contributed by atoms with Crippen molar-refractivity contribution in [2.75, 3.05) is 25.1 Å². The summed E-state index contributed by atoms with van der Waals surface area (Å²) in [5.74, 6) is -2.15. The number of aliphatic hydroxyl groups is 1. The van der Waals surface area contributed by atoms with Crippen LogP contribution >= 0.6 is 23.4 Å². The first-order chi connectivity index (χ1) is 13.9. The van der Waals surface area contributed by atoms with Crippen molar-refractivity contribution in [3.8, 4) is 0 Å². The fourth-order valence-corrected chi connectivity index (χ4v) is 7.46. The quantitative estimate of drug-likeness (QED) is 0.659. The van der Waals surface area contributed by atoms with Crippen LogP contribution in [0.5, 0.6) is 0 Å². The highest BCUT2D eigenvalue weighted by molar-refractivity contribution is 8.02. The summed E-state index contributed by atoms with van der Waals surface area (Å²) in [5.41, 5.74) is 0.468. The lowest BCUT2D eigenvalue weighted by Gasteiger charge is -2.34. The number of esters is 1. The number of hydrogen-bond donors (Lipinski definition) is 2. The second-order valence-electron chi connectivity index (χ2n) is 7.53. The lowest BCUT2D eigenvalue weighted by Crippen LogP contribution is -2.51. The molecule has 3 aliphatic rings. The SMILES string of the molecule is CCOC(=O)[C@@H]1[C@@H]2CCC3(S2)C(C(=O)Nc2ccccc2Cl)N(CCO)C(=O)[C@H]13. The van der Waals surface area contributed by atoms with Gasteiger partial charge in [0.2, 0.25) is 11.8 Å². The van der Waals surface area contributed by atoms with E-state index >= 15 is 0 Å². The molecule has 2 unspecified atom stereocenters. The number of nitrogens with zero attached hydrogens (tertiary/aromatic N) is 1. The molecule has 3 aliphatic heterocycles. The van der Waals surface area contributed by atoms with E-state index < -0.39 is 22.6 Å². The van der Waals surface area contributed by atoms with Gasteiger partial charge < -0.3 is 20.1 Å². The van der Waals surface area contributed by atoms with Crippen LogP contribution in [0.3, 0.4) is 0 Å². The summed E-state index contributed by atoms with van der Waals surface area (Å²) in [4.78, 5) is 40.7. The molecule has 1 aromatic carbocycles. The summed E-state index contributed by atoms with van der Waals surface area (Å²) in [5, 5.41) is 12.7. The fraction of sp³-hybridized carbons (Fsp3) is 0.550. The minimum atomic E-state index is -0.780. The van der Waals surface area contributed by atoms with Crippen LogP contribution in [0.25, 0.3) is 0 Å². The zero-order valence-corrected chi connectivity index (χ0v) is 17.5. The molecule has 0 aliphatic carbocycles. The zero-order chi connectivity index (χ0) is 20.8. The van der Waals surface area contributed by atoms with Crippen LogP contribution in [-0.4, -0.2) is 63.6 Å². The molecule has 4 rings (SSSR count). The van der Waals surface area contributed by atoms with E-state index in [1.54, 1.807) is 43.0 Å². The average molecular weight is 439 g/mol. The van der Waals surface area contributed by atoms with E-state index in [1.165, 1.54) is 4.90 Å². The number of β-amino-alcohol motifs (C(OH)–C–C–N with tert-alkyl or cyclic N) is 1. The molecule has 0 radical (unpaired) electrons. The monoisotopic (exact) mass is 438 g/mol. The fourth-order valence-electron chi connectivity index (χ4n) is 5.07. The molecule has 3 heterocycles. The lowest BCUT2D eigenvalue weighted by molar-refractivity contribution is -0.153. The van der Waals surface area contributed by atoms with Crippen molar-refractivity contribution in [2.24, 2.45) is 11.8 Å². The van der Waals surface area contributed by atoms with E-state index in [9.17, 15) is 19.5 Å². The molecule has 3 fully saturated rings. The van der Waals surface area contributed by atoms with Gasteiger partial charge in [-0.25, -0.2) is 0 Å². The maximum atomic E-state index is 13.4. The van der Waals surface area contributed by atoms with Gasteiger partial charge in [0.15, 0.2) is 0 Å². The van der Waals surface area contributed by atoms with Crippen LogP contribution in [0, 0.1) is 11.8 Å². The highest BCUT2D eigenvalue weighted by atomic mass is 35.5. The van der Waals surface area contributed by atoms with E-state index in [-0.39, 0.29) is 42.8 Å². The van der Waals surface area contributed by atoms with Crippen molar-refractivity contribution in [3.63, 3.8) is 0 Å². The van der Waals surface area contributed by atoms with Gasteiger partial charge in [-0.3, -0.25) is 14.4 Å². The number of carbonyl (C=O) groups is 3. The van der Waals surface area contributed by atoms with E-state index in [0.717, 1.165) is 6.42 Å². The van der Waals surface area contributed by atoms with Crippen molar-refractivity contribution >= 4 is 46.8 Å². The smallest absolute Gasteiger partial charge is 0.310 e. The molecule has 1 spiro atoms. The van der Waals surface area contributed by atoms with E-state index in [4.69, 9.17) is 16.3 Å². The maximum Gasteiger partial charge on any atom is 0.310 e. The Morgan fingerprint density at radius 3 is 2.86 bits per heavy atom. The molecule has 29 heavy (non-hydrogen) atoms. The van der Waals surface area contributed by atoms with Gasteiger partial charge in [0, 0.05) is 11.8 Å². The minimum Gasteiger partial charge on any atom is -0.466 e. The number of thioether (sulfide) groups is 1. The van der Waals surface area contributed by atoms with Crippen LogP contribution in [-0.2, 0) is 19.1 Å². The zero-order valence-electron chi connectivity index (χ0n) is 16.0. The van der Waals surface area contributed by atoms with E-state index in [0.29, 0.717) is 17.1 Å². The Balaban J connectivity index is 1.69. The van der Waals surface area contributed by atoms with Gasteiger partial charge in [0.1, 0.15) is 6.04 Å². The van der Waals surface area contributed by atoms with Crippen LogP contribution in [0.15, 0.2) is 24.3 Å². The number of rotatable bonds is 6. The molecular formula is C20H23ClN2O5S. The second-order valence-corrected chi connectivity index (χ2v) is 9.54. The Morgan fingerprint density at radius 2 is 2.17 bits per heavy atom. The second kappa shape index (κ2) is 7.81.